The molecule has 2 atom stereocenters. The first-order chi connectivity index (χ1) is 12.0. The van der Waals surface area contributed by atoms with E-state index >= 15 is 0 Å². The van der Waals surface area contributed by atoms with Gasteiger partial charge in [-0.1, -0.05) is 27.7 Å². The molecule has 0 saturated carbocycles. The van der Waals surface area contributed by atoms with Gasteiger partial charge in [0.05, 0.1) is 0 Å². The van der Waals surface area contributed by atoms with Gasteiger partial charge in [0, 0.05) is 0 Å². The molecule has 1 heterocycles. The Hall–Kier alpha value is -2.14. The molecule has 0 spiro atoms. The SMILES string of the molecule is CC(C)CC1C(=O)N(C(=O)C(F)(F)F)C(C(C)C)C(=O)N1C(=O)C(F)(F)F. The van der Waals surface area contributed by atoms with E-state index in [1.54, 1.807) is 0 Å². The van der Waals surface area contributed by atoms with Crippen molar-refractivity contribution in [1.82, 2.24) is 9.80 Å². The van der Waals surface area contributed by atoms with E-state index in [-0.39, 0.29) is 9.80 Å². The van der Waals surface area contributed by atoms with Crippen LogP contribution in [0.15, 0.2) is 0 Å². The zero-order valence-corrected chi connectivity index (χ0v) is 14.8. The van der Waals surface area contributed by atoms with Crippen molar-refractivity contribution >= 4 is 23.6 Å². The number of nitrogens with zero attached hydrogens (tertiary/aromatic N) is 2. The third-order valence-electron chi connectivity index (χ3n) is 3.85. The number of carbonyl (C=O) groups is 4. The molecular formula is C15H18F6N2O4. The van der Waals surface area contributed by atoms with Crippen LogP contribution in [0.5, 0.6) is 0 Å². The van der Waals surface area contributed by atoms with Gasteiger partial charge in [-0.05, 0) is 18.3 Å². The first-order valence-electron chi connectivity index (χ1n) is 7.90. The van der Waals surface area contributed by atoms with Crippen molar-refractivity contribution in [3.05, 3.63) is 0 Å². The molecule has 27 heavy (non-hydrogen) atoms. The third-order valence-corrected chi connectivity index (χ3v) is 3.85. The highest BCUT2D eigenvalue weighted by molar-refractivity contribution is 6.13. The molecule has 154 valence electrons. The lowest BCUT2D eigenvalue weighted by molar-refractivity contribution is -0.206. The van der Waals surface area contributed by atoms with Crippen LogP contribution in [0.4, 0.5) is 26.3 Å². The maximum Gasteiger partial charge on any atom is 0.471 e. The largest absolute Gasteiger partial charge is 0.471 e. The number of rotatable bonds is 3. The Labute approximate surface area is 150 Å². The topological polar surface area (TPSA) is 74.8 Å². The standard InChI is InChI=1S/C15H18F6N2O4/c1-6(2)5-8-10(24)23(13(27)15(19,20)21)9(7(3)4)11(25)22(8)12(26)14(16,17)18/h6-9H,5H2,1-4H3. The van der Waals surface area contributed by atoms with Gasteiger partial charge in [-0.25, -0.2) is 0 Å². The number of hydrogen-bond donors (Lipinski definition) is 0. The lowest BCUT2D eigenvalue weighted by Gasteiger charge is -2.44. The second-order valence-electron chi connectivity index (χ2n) is 6.86. The molecule has 0 aromatic rings. The van der Waals surface area contributed by atoms with Crippen LogP contribution >= 0.6 is 0 Å². The highest BCUT2D eigenvalue weighted by Crippen LogP contribution is 2.33. The minimum Gasteiger partial charge on any atom is -0.272 e. The second kappa shape index (κ2) is 7.47. The van der Waals surface area contributed by atoms with Crippen molar-refractivity contribution in [2.75, 3.05) is 0 Å². The molecule has 1 fully saturated rings. The van der Waals surface area contributed by atoms with Crippen LogP contribution in [-0.2, 0) is 19.2 Å². The molecular weight excluding hydrogens is 386 g/mol. The van der Waals surface area contributed by atoms with Crippen molar-refractivity contribution in [2.45, 2.75) is 58.6 Å². The fraction of sp³-hybridized carbons (Fsp3) is 0.733. The van der Waals surface area contributed by atoms with Gasteiger partial charge in [0.1, 0.15) is 12.1 Å². The summed E-state index contributed by atoms with van der Waals surface area (Å²) in [6.07, 6.45) is -11.6. The Bertz CT molecular complexity index is 641. The van der Waals surface area contributed by atoms with Gasteiger partial charge in [-0.3, -0.25) is 29.0 Å². The summed E-state index contributed by atoms with van der Waals surface area (Å²) in [4.78, 5) is 47.8. The van der Waals surface area contributed by atoms with E-state index < -0.39 is 66.3 Å². The molecule has 0 aliphatic carbocycles. The van der Waals surface area contributed by atoms with E-state index in [9.17, 15) is 45.5 Å². The van der Waals surface area contributed by atoms with E-state index in [0.717, 1.165) is 13.8 Å². The molecule has 12 heteroatoms. The van der Waals surface area contributed by atoms with Crippen molar-refractivity contribution in [3.8, 4) is 0 Å². The first-order valence-corrected chi connectivity index (χ1v) is 7.90. The van der Waals surface area contributed by atoms with Crippen molar-refractivity contribution in [3.63, 3.8) is 0 Å². The lowest BCUT2D eigenvalue weighted by Crippen LogP contribution is -2.71. The number of carbonyl (C=O) groups excluding carboxylic acids is 4. The van der Waals surface area contributed by atoms with Crippen LogP contribution < -0.4 is 0 Å². The Balaban J connectivity index is 3.58. The van der Waals surface area contributed by atoms with Crippen LogP contribution in [0.25, 0.3) is 0 Å². The summed E-state index contributed by atoms with van der Waals surface area (Å²) in [6, 6.07) is -4.34. The minimum atomic E-state index is -5.53. The highest BCUT2D eigenvalue weighted by atomic mass is 19.4. The first kappa shape index (κ1) is 22.9. The second-order valence-corrected chi connectivity index (χ2v) is 6.86. The van der Waals surface area contributed by atoms with E-state index in [2.05, 4.69) is 0 Å². The fourth-order valence-electron chi connectivity index (χ4n) is 2.79. The predicted molar refractivity (Wildman–Crippen MR) is 77.7 cm³/mol. The van der Waals surface area contributed by atoms with E-state index in [4.69, 9.17) is 0 Å². The molecule has 0 bridgehead atoms. The maximum absolute atomic E-state index is 12.9. The average molecular weight is 404 g/mol. The summed E-state index contributed by atoms with van der Waals surface area (Å²) < 4.78 is 77.4. The summed E-state index contributed by atoms with van der Waals surface area (Å²) in [5.74, 6) is -10.4. The predicted octanol–water partition coefficient (Wildman–Crippen LogP) is 2.27. The maximum atomic E-state index is 12.9. The summed E-state index contributed by atoms with van der Waals surface area (Å²) >= 11 is 0. The van der Waals surface area contributed by atoms with Gasteiger partial charge in [0.15, 0.2) is 0 Å². The normalized spacial score (nSPS) is 22.1. The molecule has 0 radical (unpaired) electrons. The zero-order valence-electron chi connectivity index (χ0n) is 14.8. The number of halogens is 6. The Morgan fingerprint density at radius 3 is 1.59 bits per heavy atom. The summed E-state index contributed by atoms with van der Waals surface area (Å²) in [7, 11) is 0. The Morgan fingerprint density at radius 2 is 1.26 bits per heavy atom. The molecule has 1 rings (SSSR count). The number of hydrogen-bond acceptors (Lipinski definition) is 4. The van der Waals surface area contributed by atoms with E-state index in [1.165, 1.54) is 13.8 Å². The van der Waals surface area contributed by atoms with Crippen molar-refractivity contribution < 1.29 is 45.5 Å². The molecule has 0 aromatic heterocycles. The van der Waals surface area contributed by atoms with Gasteiger partial charge < -0.3 is 0 Å². The van der Waals surface area contributed by atoms with Crippen LogP contribution in [0.3, 0.4) is 0 Å². The molecule has 1 aliphatic rings. The average Bonchev–Trinajstić information content (AvgIpc) is 2.46. The van der Waals surface area contributed by atoms with Gasteiger partial charge in [0.2, 0.25) is 0 Å². The van der Waals surface area contributed by atoms with Crippen molar-refractivity contribution in [1.29, 1.82) is 0 Å². The fourth-order valence-corrected chi connectivity index (χ4v) is 2.79. The van der Waals surface area contributed by atoms with Crippen molar-refractivity contribution in [2.24, 2.45) is 11.8 Å². The molecule has 1 aliphatic heterocycles. The third kappa shape index (κ3) is 4.59. The van der Waals surface area contributed by atoms with Crippen LogP contribution in [0.1, 0.15) is 34.1 Å². The zero-order chi connectivity index (χ0) is 21.5. The number of amides is 4. The smallest absolute Gasteiger partial charge is 0.272 e. The minimum absolute atomic E-state index is 0.354. The molecule has 4 amide bonds. The van der Waals surface area contributed by atoms with Gasteiger partial charge in [-0.2, -0.15) is 26.3 Å². The molecule has 0 N–H and O–H groups in total. The van der Waals surface area contributed by atoms with Crippen LogP contribution in [0.2, 0.25) is 0 Å². The van der Waals surface area contributed by atoms with Gasteiger partial charge in [0.25, 0.3) is 11.8 Å². The number of imide groups is 2. The van der Waals surface area contributed by atoms with E-state index in [0.29, 0.717) is 0 Å². The molecule has 6 nitrogen and oxygen atoms in total. The van der Waals surface area contributed by atoms with Crippen LogP contribution in [-0.4, -0.2) is 57.9 Å². The lowest BCUT2D eigenvalue weighted by atomic mass is 9.91. The number of piperazine rings is 1. The summed E-state index contributed by atoms with van der Waals surface area (Å²) in [5, 5.41) is 0. The molecule has 2 unspecified atom stereocenters. The monoisotopic (exact) mass is 404 g/mol. The Kier molecular flexibility index (Phi) is 6.33. The quantitative estimate of drug-likeness (QED) is 0.677. The summed E-state index contributed by atoms with van der Waals surface area (Å²) in [6.45, 7) is 5.15. The van der Waals surface area contributed by atoms with Crippen LogP contribution in [0, 0.1) is 11.8 Å². The number of alkyl halides is 6. The molecule has 1 saturated heterocycles. The van der Waals surface area contributed by atoms with E-state index in [1.807, 2.05) is 0 Å². The van der Waals surface area contributed by atoms with Gasteiger partial charge in [-0.15, -0.1) is 0 Å². The highest BCUT2D eigenvalue weighted by Gasteiger charge is 2.60. The van der Waals surface area contributed by atoms with Gasteiger partial charge >= 0.3 is 24.2 Å². The Morgan fingerprint density at radius 1 is 0.852 bits per heavy atom. The summed E-state index contributed by atoms with van der Waals surface area (Å²) in [5.41, 5.74) is 0. The molecule has 0 aromatic carbocycles.